The maximum atomic E-state index is 12.9. The Morgan fingerprint density at radius 2 is 1.80 bits per heavy atom. The molecular weight excluding hydrogens is 314 g/mol. The first-order chi connectivity index (χ1) is 12.2. The first kappa shape index (κ1) is 18.1. The molecule has 1 amide bonds. The molecule has 0 bridgehead atoms. The van der Waals surface area contributed by atoms with E-state index in [-0.39, 0.29) is 18.2 Å². The molecule has 1 spiro atoms. The Bertz CT molecular complexity index is 636. The summed E-state index contributed by atoms with van der Waals surface area (Å²) in [5.41, 5.74) is 1.95. The third-order valence-electron chi connectivity index (χ3n) is 5.77. The molecule has 1 atom stereocenters. The van der Waals surface area contributed by atoms with Gasteiger partial charge in [0, 0.05) is 12.1 Å². The van der Waals surface area contributed by atoms with Crippen molar-refractivity contribution in [1.82, 2.24) is 4.90 Å². The summed E-state index contributed by atoms with van der Waals surface area (Å²) in [6, 6.07) is 3.94. The minimum Gasteiger partial charge on any atom is -0.454 e. The standard InChI is InChI=1S/C19H25NO3.C2H6/c1-3-5-13(4-2)6-9-20-18(21)14-10-16-17(23-12-22-16)11-15(14)19(20)7-8-19;1-2/h10-11,13H,3-9,12H2,1-2H3;1-2H3. The molecule has 1 saturated carbocycles. The number of fused-ring (bicyclic) bond motifs is 3. The van der Waals surface area contributed by atoms with Gasteiger partial charge in [-0.15, -0.1) is 0 Å². The molecule has 138 valence electrons. The first-order valence-corrected chi connectivity index (χ1v) is 9.95. The second-order valence-corrected chi connectivity index (χ2v) is 7.09. The molecule has 1 unspecified atom stereocenters. The van der Waals surface area contributed by atoms with Gasteiger partial charge in [-0.1, -0.05) is 47.0 Å². The van der Waals surface area contributed by atoms with Gasteiger partial charge in [-0.2, -0.15) is 0 Å². The van der Waals surface area contributed by atoms with E-state index in [1.165, 1.54) is 19.3 Å². The first-order valence-electron chi connectivity index (χ1n) is 9.95. The molecule has 0 aromatic heterocycles. The molecule has 0 saturated heterocycles. The normalized spacial score (nSPS) is 19.5. The van der Waals surface area contributed by atoms with Gasteiger partial charge in [0.15, 0.2) is 11.5 Å². The lowest BCUT2D eigenvalue weighted by Gasteiger charge is -2.27. The zero-order valence-corrected chi connectivity index (χ0v) is 16.1. The molecule has 1 aromatic rings. The van der Waals surface area contributed by atoms with Crippen LogP contribution in [0, 0.1) is 5.92 Å². The molecule has 1 fully saturated rings. The van der Waals surface area contributed by atoms with Crippen LogP contribution in [0.5, 0.6) is 11.5 Å². The maximum absolute atomic E-state index is 12.9. The van der Waals surface area contributed by atoms with Gasteiger partial charge in [-0.3, -0.25) is 4.79 Å². The van der Waals surface area contributed by atoms with E-state index in [2.05, 4.69) is 18.7 Å². The number of ether oxygens (including phenoxy) is 2. The molecule has 3 aliphatic rings. The van der Waals surface area contributed by atoms with Crippen LogP contribution < -0.4 is 9.47 Å². The van der Waals surface area contributed by atoms with E-state index < -0.39 is 0 Å². The van der Waals surface area contributed by atoms with E-state index in [0.29, 0.717) is 5.75 Å². The van der Waals surface area contributed by atoms with Crippen LogP contribution in [0.15, 0.2) is 12.1 Å². The molecule has 4 nitrogen and oxygen atoms in total. The Morgan fingerprint density at radius 3 is 2.40 bits per heavy atom. The number of hydrogen-bond donors (Lipinski definition) is 0. The fourth-order valence-corrected chi connectivity index (χ4v) is 4.23. The number of carbonyl (C=O) groups excluding carboxylic acids is 1. The van der Waals surface area contributed by atoms with Crippen LogP contribution in [0.2, 0.25) is 0 Å². The molecule has 1 aromatic carbocycles. The van der Waals surface area contributed by atoms with Gasteiger partial charge in [0.05, 0.1) is 5.54 Å². The van der Waals surface area contributed by atoms with Gasteiger partial charge in [-0.05, 0) is 42.9 Å². The van der Waals surface area contributed by atoms with Crippen LogP contribution in [-0.4, -0.2) is 24.1 Å². The van der Waals surface area contributed by atoms with Crippen LogP contribution in [0.4, 0.5) is 0 Å². The predicted molar refractivity (Wildman–Crippen MR) is 99.2 cm³/mol. The van der Waals surface area contributed by atoms with E-state index in [0.717, 1.165) is 48.6 Å². The minimum absolute atomic E-state index is 0.0437. The predicted octanol–water partition coefficient (Wildman–Crippen LogP) is 5.10. The number of amides is 1. The Morgan fingerprint density at radius 1 is 1.12 bits per heavy atom. The monoisotopic (exact) mass is 345 g/mol. The SMILES string of the molecule is CC.CCCC(CC)CCN1C(=O)c2cc3c(cc2C12CC2)OCO3. The third-order valence-corrected chi connectivity index (χ3v) is 5.77. The second kappa shape index (κ2) is 7.27. The summed E-state index contributed by atoms with van der Waals surface area (Å²) in [6.45, 7) is 9.63. The van der Waals surface area contributed by atoms with Crippen molar-refractivity contribution in [2.45, 2.75) is 71.8 Å². The topological polar surface area (TPSA) is 38.8 Å². The molecule has 1 aliphatic carbocycles. The van der Waals surface area contributed by atoms with Crippen LogP contribution in [0.1, 0.15) is 82.1 Å². The Hall–Kier alpha value is -1.71. The highest BCUT2D eigenvalue weighted by atomic mass is 16.7. The summed E-state index contributed by atoms with van der Waals surface area (Å²) in [4.78, 5) is 15.1. The zero-order valence-electron chi connectivity index (χ0n) is 16.1. The number of carbonyl (C=O) groups is 1. The molecule has 25 heavy (non-hydrogen) atoms. The lowest BCUT2D eigenvalue weighted by molar-refractivity contribution is 0.0685. The summed E-state index contributed by atoms with van der Waals surface area (Å²) in [5.74, 6) is 2.42. The second-order valence-electron chi connectivity index (χ2n) is 7.09. The van der Waals surface area contributed by atoms with Crippen molar-refractivity contribution in [3.63, 3.8) is 0 Å². The molecule has 4 heteroatoms. The van der Waals surface area contributed by atoms with E-state index in [1.54, 1.807) is 0 Å². The third kappa shape index (κ3) is 3.00. The van der Waals surface area contributed by atoms with Crippen molar-refractivity contribution in [2.24, 2.45) is 5.92 Å². The summed E-state index contributed by atoms with van der Waals surface area (Å²) in [5, 5.41) is 0. The van der Waals surface area contributed by atoms with E-state index >= 15 is 0 Å². The lowest BCUT2D eigenvalue weighted by atomic mass is 9.96. The fourth-order valence-electron chi connectivity index (χ4n) is 4.23. The Balaban J connectivity index is 0.000000880. The van der Waals surface area contributed by atoms with Gasteiger partial charge in [-0.25, -0.2) is 0 Å². The Labute approximate surface area is 151 Å². The average Bonchev–Trinajstić information content (AvgIpc) is 3.25. The molecule has 2 heterocycles. The van der Waals surface area contributed by atoms with Crippen molar-refractivity contribution < 1.29 is 14.3 Å². The zero-order chi connectivity index (χ0) is 18.0. The molecule has 4 rings (SSSR count). The van der Waals surface area contributed by atoms with Crippen LogP contribution in [-0.2, 0) is 5.54 Å². The highest BCUT2D eigenvalue weighted by Gasteiger charge is 2.58. The van der Waals surface area contributed by atoms with Gasteiger partial charge >= 0.3 is 0 Å². The molecule has 2 aliphatic heterocycles. The quantitative estimate of drug-likeness (QED) is 0.720. The van der Waals surface area contributed by atoms with E-state index in [1.807, 2.05) is 26.0 Å². The average molecular weight is 345 g/mol. The van der Waals surface area contributed by atoms with Gasteiger partial charge in [0.25, 0.3) is 5.91 Å². The number of hydrogen-bond acceptors (Lipinski definition) is 3. The largest absolute Gasteiger partial charge is 0.454 e. The van der Waals surface area contributed by atoms with Crippen molar-refractivity contribution in [2.75, 3.05) is 13.3 Å². The van der Waals surface area contributed by atoms with E-state index in [9.17, 15) is 4.79 Å². The van der Waals surface area contributed by atoms with E-state index in [4.69, 9.17) is 9.47 Å². The highest BCUT2D eigenvalue weighted by Crippen LogP contribution is 2.58. The highest BCUT2D eigenvalue weighted by molar-refractivity contribution is 6.01. The van der Waals surface area contributed by atoms with Crippen LogP contribution in [0.3, 0.4) is 0 Å². The molecular formula is C21H31NO3. The number of nitrogens with zero attached hydrogens (tertiary/aromatic N) is 1. The minimum atomic E-state index is -0.0437. The fraction of sp³-hybridized carbons (Fsp3) is 0.667. The number of rotatable bonds is 6. The van der Waals surface area contributed by atoms with Crippen molar-refractivity contribution in [1.29, 1.82) is 0 Å². The summed E-state index contributed by atoms with van der Waals surface area (Å²) in [7, 11) is 0. The van der Waals surface area contributed by atoms with Crippen molar-refractivity contribution in [3.8, 4) is 11.5 Å². The Kier molecular flexibility index (Phi) is 5.26. The van der Waals surface area contributed by atoms with Gasteiger partial charge in [0.1, 0.15) is 0 Å². The maximum Gasteiger partial charge on any atom is 0.255 e. The van der Waals surface area contributed by atoms with Crippen molar-refractivity contribution in [3.05, 3.63) is 23.3 Å². The van der Waals surface area contributed by atoms with Crippen LogP contribution >= 0.6 is 0 Å². The summed E-state index contributed by atoms with van der Waals surface area (Å²) >= 11 is 0. The lowest BCUT2D eigenvalue weighted by Crippen LogP contribution is -2.35. The van der Waals surface area contributed by atoms with Crippen molar-refractivity contribution >= 4 is 5.91 Å². The van der Waals surface area contributed by atoms with Crippen LogP contribution in [0.25, 0.3) is 0 Å². The molecule has 0 N–H and O–H groups in total. The van der Waals surface area contributed by atoms with Gasteiger partial charge < -0.3 is 14.4 Å². The summed E-state index contributed by atoms with van der Waals surface area (Å²) < 4.78 is 11.0. The van der Waals surface area contributed by atoms with Gasteiger partial charge in [0.2, 0.25) is 6.79 Å². The number of benzene rings is 1. The smallest absolute Gasteiger partial charge is 0.255 e. The molecule has 0 radical (unpaired) electrons. The summed E-state index contributed by atoms with van der Waals surface area (Å²) in [6.07, 6.45) is 6.95.